The van der Waals surface area contributed by atoms with E-state index in [-0.39, 0.29) is 6.04 Å². The van der Waals surface area contributed by atoms with Crippen molar-refractivity contribution in [2.75, 3.05) is 13.7 Å². The Morgan fingerprint density at radius 2 is 2.33 bits per heavy atom. The van der Waals surface area contributed by atoms with Crippen molar-refractivity contribution in [3.05, 3.63) is 40.5 Å². The number of ether oxygens (including phenoxy) is 1. The summed E-state index contributed by atoms with van der Waals surface area (Å²) in [4.78, 5) is 1.26. The van der Waals surface area contributed by atoms with Gasteiger partial charge in [-0.2, -0.15) is 0 Å². The number of hydrogen-bond acceptors (Lipinski definition) is 4. The van der Waals surface area contributed by atoms with Gasteiger partial charge in [0.1, 0.15) is 5.75 Å². The first-order valence-corrected chi connectivity index (χ1v) is 7.09. The van der Waals surface area contributed by atoms with Gasteiger partial charge in [-0.3, -0.25) is 0 Å². The van der Waals surface area contributed by atoms with E-state index in [2.05, 4.69) is 17.6 Å². The second kappa shape index (κ2) is 6.61. The average Bonchev–Trinajstić information content (AvgIpc) is 3.04. The fraction of sp³-hybridized carbons (Fsp3) is 0.429. The highest BCUT2D eigenvalue weighted by Crippen LogP contribution is 2.32. The Morgan fingerprint density at radius 3 is 3.00 bits per heavy atom. The van der Waals surface area contributed by atoms with Crippen LogP contribution in [0.4, 0.5) is 0 Å². The fourth-order valence-electron chi connectivity index (χ4n) is 1.95. The molecule has 0 saturated heterocycles. The maximum atomic E-state index is 5.41. The molecule has 0 bridgehead atoms. The minimum absolute atomic E-state index is 0.289. The predicted octanol–water partition coefficient (Wildman–Crippen LogP) is 3.63. The van der Waals surface area contributed by atoms with Crippen LogP contribution < -0.4 is 10.1 Å². The molecule has 1 N–H and O–H groups in total. The molecule has 18 heavy (non-hydrogen) atoms. The molecule has 0 radical (unpaired) electrons. The standard InChI is InChI=1S/C14H19NO2S/c1-3-6-15-12(9-11-4-7-17-10-11)14-13(16-2)5-8-18-14/h4-5,7-8,10,12,15H,3,6,9H2,1-2H3. The summed E-state index contributed by atoms with van der Waals surface area (Å²) in [7, 11) is 1.72. The van der Waals surface area contributed by atoms with Crippen molar-refractivity contribution >= 4 is 11.3 Å². The molecule has 0 saturated carbocycles. The van der Waals surface area contributed by atoms with Gasteiger partial charge in [0.05, 0.1) is 24.5 Å². The number of rotatable bonds is 7. The minimum atomic E-state index is 0.289. The number of methoxy groups -OCH3 is 1. The SMILES string of the molecule is CCCNC(Cc1ccoc1)c1sccc1OC. The Morgan fingerprint density at radius 1 is 1.44 bits per heavy atom. The molecule has 1 atom stereocenters. The number of furan rings is 1. The van der Waals surface area contributed by atoms with Crippen molar-refractivity contribution in [2.24, 2.45) is 0 Å². The molecule has 2 rings (SSSR count). The zero-order valence-electron chi connectivity index (χ0n) is 10.8. The van der Waals surface area contributed by atoms with Crippen LogP contribution in [0.1, 0.15) is 29.8 Å². The van der Waals surface area contributed by atoms with Crippen LogP contribution in [0.3, 0.4) is 0 Å². The zero-order valence-corrected chi connectivity index (χ0v) is 11.6. The molecule has 0 aliphatic rings. The smallest absolute Gasteiger partial charge is 0.134 e. The van der Waals surface area contributed by atoms with Crippen molar-refractivity contribution < 1.29 is 9.15 Å². The number of thiophene rings is 1. The van der Waals surface area contributed by atoms with E-state index in [0.717, 1.165) is 25.1 Å². The first-order chi connectivity index (χ1) is 8.85. The summed E-state index contributed by atoms with van der Waals surface area (Å²) in [6.07, 6.45) is 5.57. The van der Waals surface area contributed by atoms with Crippen LogP contribution in [-0.2, 0) is 6.42 Å². The van der Waals surface area contributed by atoms with Gasteiger partial charge in [-0.05, 0) is 42.5 Å². The number of hydrogen-bond donors (Lipinski definition) is 1. The highest BCUT2D eigenvalue weighted by Gasteiger charge is 2.18. The van der Waals surface area contributed by atoms with Crippen molar-refractivity contribution in [3.8, 4) is 5.75 Å². The molecule has 0 amide bonds. The Labute approximate surface area is 112 Å². The predicted molar refractivity (Wildman–Crippen MR) is 74.3 cm³/mol. The topological polar surface area (TPSA) is 34.4 Å². The van der Waals surface area contributed by atoms with Crippen LogP contribution in [0.25, 0.3) is 0 Å². The largest absolute Gasteiger partial charge is 0.496 e. The monoisotopic (exact) mass is 265 g/mol. The van der Waals surface area contributed by atoms with Crippen molar-refractivity contribution in [1.82, 2.24) is 5.32 Å². The lowest BCUT2D eigenvalue weighted by molar-refractivity contribution is 0.402. The molecule has 0 aromatic carbocycles. The van der Waals surface area contributed by atoms with E-state index < -0.39 is 0 Å². The van der Waals surface area contributed by atoms with Gasteiger partial charge in [0.15, 0.2) is 0 Å². The summed E-state index contributed by atoms with van der Waals surface area (Å²) in [5.74, 6) is 0.970. The third-order valence-corrected chi connectivity index (χ3v) is 3.87. The second-order valence-electron chi connectivity index (χ2n) is 4.20. The molecule has 0 aliphatic carbocycles. The highest BCUT2D eigenvalue weighted by molar-refractivity contribution is 7.10. The van der Waals surface area contributed by atoms with Gasteiger partial charge in [-0.15, -0.1) is 11.3 Å². The van der Waals surface area contributed by atoms with Gasteiger partial charge in [-0.25, -0.2) is 0 Å². The van der Waals surface area contributed by atoms with Crippen molar-refractivity contribution in [1.29, 1.82) is 0 Å². The lowest BCUT2D eigenvalue weighted by Crippen LogP contribution is -2.23. The third kappa shape index (κ3) is 3.15. The van der Waals surface area contributed by atoms with E-state index in [0.29, 0.717) is 0 Å². The minimum Gasteiger partial charge on any atom is -0.496 e. The lowest BCUT2D eigenvalue weighted by atomic mass is 10.1. The van der Waals surface area contributed by atoms with Crippen molar-refractivity contribution in [2.45, 2.75) is 25.8 Å². The Kier molecular flexibility index (Phi) is 4.84. The van der Waals surface area contributed by atoms with E-state index in [1.165, 1.54) is 10.4 Å². The van der Waals surface area contributed by atoms with E-state index >= 15 is 0 Å². The molecule has 2 heterocycles. The second-order valence-corrected chi connectivity index (χ2v) is 5.14. The van der Waals surface area contributed by atoms with E-state index in [1.54, 1.807) is 31.0 Å². The molecule has 2 aromatic rings. The molecule has 4 heteroatoms. The summed E-state index contributed by atoms with van der Waals surface area (Å²) < 4.78 is 10.6. The quantitative estimate of drug-likeness (QED) is 0.830. The first-order valence-electron chi connectivity index (χ1n) is 6.21. The van der Waals surface area contributed by atoms with Gasteiger partial charge in [0, 0.05) is 6.04 Å². The molecule has 2 aromatic heterocycles. The molecule has 0 fully saturated rings. The fourth-order valence-corrected chi connectivity index (χ4v) is 2.89. The molecule has 3 nitrogen and oxygen atoms in total. The Hall–Kier alpha value is -1.26. The summed E-state index contributed by atoms with van der Waals surface area (Å²) in [6.45, 7) is 3.18. The summed E-state index contributed by atoms with van der Waals surface area (Å²) in [5, 5.41) is 5.65. The molecular weight excluding hydrogens is 246 g/mol. The number of nitrogens with one attached hydrogen (secondary N) is 1. The Bertz CT molecular complexity index is 450. The molecule has 0 aliphatic heterocycles. The Balaban J connectivity index is 2.14. The van der Waals surface area contributed by atoms with Crippen LogP contribution in [0.5, 0.6) is 5.75 Å². The highest BCUT2D eigenvalue weighted by atomic mass is 32.1. The maximum absolute atomic E-state index is 5.41. The molecule has 1 unspecified atom stereocenters. The van der Waals surface area contributed by atoms with E-state index in [4.69, 9.17) is 9.15 Å². The summed E-state index contributed by atoms with van der Waals surface area (Å²) in [5.41, 5.74) is 1.21. The van der Waals surface area contributed by atoms with Crippen LogP contribution in [-0.4, -0.2) is 13.7 Å². The van der Waals surface area contributed by atoms with Gasteiger partial charge < -0.3 is 14.5 Å². The van der Waals surface area contributed by atoms with Crippen LogP contribution in [0.15, 0.2) is 34.5 Å². The normalized spacial score (nSPS) is 12.6. The average molecular weight is 265 g/mol. The molecule has 98 valence electrons. The third-order valence-electron chi connectivity index (χ3n) is 2.85. The maximum Gasteiger partial charge on any atom is 0.134 e. The van der Waals surface area contributed by atoms with Gasteiger partial charge in [0.2, 0.25) is 0 Å². The van der Waals surface area contributed by atoms with Gasteiger partial charge >= 0.3 is 0 Å². The van der Waals surface area contributed by atoms with Crippen LogP contribution >= 0.6 is 11.3 Å². The lowest BCUT2D eigenvalue weighted by Gasteiger charge is -2.17. The van der Waals surface area contributed by atoms with Gasteiger partial charge in [0.25, 0.3) is 0 Å². The van der Waals surface area contributed by atoms with E-state index in [9.17, 15) is 0 Å². The van der Waals surface area contributed by atoms with Gasteiger partial charge in [-0.1, -0.05) is 6.92 Å². The zero-order chi connectivity index (χ0) is 12.8. The van der Waals surface area contributed by atoms with Crippen LogP contribution in [0.2, 0.25) is 0 Å². The van der Waals surface area contributed by atoms with Crippen molar-refractivity contribution in [3.63, 3.8) is 0 Å². The first kappa shape index (κ1) is 13.2. The summed E-state index contributed by atoms with van der Waals surface area (Å²) >= 11 is 1.74. The molecular formula is C14H19NO2S. The molecule has 0 spiro atoms. The summed E-state index contributed by atoms with van der Waals surface area (Å²) in [6, 6.07) is 4.33. The van der Waals surface area contributed by atoms with Crippen LogP contribution in [0, 0.1) is 0 Å². The van der Waals surface area contributed by atoms with E-state index in [1.807, 2.05) is 12.1 Å².